The number of fused-ring (bicyclic) bond motifs is 1. The van der Waals surface area contributed by atoms with Crippen LogP contribution >= 0.6 is 11.3 Å². The molecule has 0 amide bonds. The number of non-ortho nitro benzene ring substituents is 1. The van der Waals surface area contributed by atoms with Gasteiger partial charge in [0, 0.05) is 31.8 Å². The number of thiazole rings is 1. The van der Waals surface area contributed by atoms with Crippen molar-refractivity contribution < 1.29 is 4.92 Å². The number of nitrogens with one attached hydrogen (secondary N) is 1. The molecule has 19 heavy (non-hydrogen) atoms. The van der Waals surface area contributed by atoms with Crippen LogP contribution in [0.15, 0.2) is 18.2 Å². The lowest BCUT2D eigenvalue weighted by molar-refractivity contribution is -0.384. The van der Waals surface area contributed by atoms with E-state index in [1.165, 1.54) is 12.1 Å². The highest BCUT2D eigenvalue weighted by atomic mass is 32.1. The minimum atomic E-state index is -0.386. The van der Waals surface area contributed by atoms with Crippen LogP contribution in [0.1, 0.15) is 6.42 Å². The Labute approximate surface area is 114 Å². The van der Waals surface area contributed by atoms with E-state index >= 15 is 0 Å². The summed E-state index contributed by atoms with van der Waals surface area (Å²) < 4.78 is 0.985. The molecule has 1 aromatic carbocycles. The summed E-state index contributed by atoms with van der Waals surface area (Å²) in [5, 5.41) is 15.0. The molecule has 0 bridgehead atoms. The molecule has 1 saturated heterocycles. The van der Waals surface area contributed by atoms with Crippen molar-refractivity contribution in [3.63, 3.8) is 0 Å². The van der Waals surface area contributed by atoms with E-state index in [-0.39, 0.29) is 10.6 Å². The van der Waals surface area contributed by atoms with Crippen molar-refractivity contribution in [2.24, 2.45) is 0 Å². The second-order valence-corrected chi connectivity index (χ2v) is 5.67. The number of aromatic nitrogens is 1. The number of hydrogen-bond donors (Lipinski definition) is 1. The van der Waals surface area contributed by atoms with Gasteiger partial charge in [-0.15, -0.1) is 0 Å². The third-order valence-electron chi connectivity index (χ3n) is 3.45. The predicted octanol–water partition coefficient (Wildman–Crippen LogP) is 2.00. The summed E-state index contributed by atoms with van der Waals surface area (Å²) in [6.07, 6.45) is 1.10. The summed E-state index contributed by atoms with van der Waals surface area (Å²) in [5.74, 6) is 0. The van der Waals surface area contributed by atoms with Crippen LogP contribution in [0, 0.1) is 10.1 Å². The predicted molar refractivity (Wildman–Crippen MR) is 76.0 cm³/mol. The average molecular weight is 278 g/mol. The zero-order valence-electron chi connectivity index (χ0n) is 10.5. The maximum Gasteiger partial charge on any atom is 0.271 e. The first-order valence-corrected chi connectivity index (χ1v) is 6.95. The number of rotatable bonds is 3. The summed E-state index contributed by atoms with van der Waals surface area (Å²) in [4.78, 5) is 17.0. The fourth-order valence-electron chi connectivity index (χ4n) is 2.29. The smallest absolute Gasteiger partial charge is 0.271 e. The first-order valence-electron chi connectivity index (χ1n) is 6.13. The molecule has 0 radical (unpaired) electrons. The lowest BCUT2D eigenvalue weighted by atomic mass is 10.2. The molecule has 100 valence electrons. The number of anilines is 1. The topological polar surface area (TPSA) is 71.3 Å². The Morgan fingerprint density at radius 3 is 3.11 bits per heavy atom. The minimum Gasteiger partial charge on any atom is -0.347 e. The number of likely N-dealkylation sites (N-methyl/N-ethyl adjacent to an activating group) is 1. The van der Waals surface area contributed by atoms with Crippen LogP contribution in [0.4, 0.5) is 10.8 Å². The lowest BCUT2D eigenvalue weighted by Gasteiger charge is -2.22. The van der Waals surface area contributed by atoms with Crippen molar-refractivity contribution in [2.75, 3.05) is 25.0 Å². The Hall–Kier alpha value is -1.73. The van der Waals surface area contributed by atoms with E-state index in [1.54, 1.807) is 17.4 Å². The Morgan fingerprint density at radius 1 is 1.58 bits per heavy atom. The summed E-state index contributed by atoms with van der Waals surface area (Å²) in [5.41, 5.74) is 0.793. The lowest BCUT2D eigenvalue weighted by Crippen LogP contribution is -2.33. The van der Waals surface area contributed by atoms with Crippen LogP contribution in [0.3, 0.4) is 0 Å². The SMILES string of the molecule is CN(c1nc2cc([N+](=O)[O-])ccc2s1)C1CCNC1. The van der Waals surface area contributed by atoms with Crippen LogP contribution in [-0.4, -0.2) is 36.1 Å². The Kier molecular flexibility index (Phi) is 3.08. The molecular weight excluding hydrogens is 264 g/mol. The molecule has 1 aromatic heterocycles. The number of hydrogen-bond acceptors (Lipinski definition) is 6. The number of nitrogens with zero attached hydrogens (tertiary/aromatic N) is 3. The standard InChI is InChI=1S/C12H14N4O2S/c1-15(9-4-5-13-7-9)12-14-10-6-8(16(17)18)2-3-11(10)19-12/h2-3,6,9,13H,4-5,7H2,1H3. The van der Waals surface area contributed by atoms with E-state index in [4.69, 9.17) is 0 Å². The maximum absolute atomic E-state index is 10.8. The molecule has 7 heteroatoms. The molecule has 2 aromatic rings. The van der Waals surface area contributed by atoms with Gasteiger partial charge in [-0.1, -0.05) is 11.3 Å². The molecule has 1 aliphatic heterocycles. The van der Waals surface area contributed by atoms with Crippen molar-refractivity contribution in [3.05, 3.63) is 28.3 Å². The summed E-state index contributed by atoms with van der Waals surface area (Å²) >= 11 is 1.58. The van der Waals surface area contributed by atoms with Gasteiger partial charge in [0.05, 0.1) is 15.1 Å². The molecule has 2 heterocycles. The van der Waals surface area contributed by atoms with E-state index in [2.05, 4.69) is 15.2 Å². The van der Waals surface area contributed by atoms with E-state index in [0.717, 1.165) is 29.3 Å². The fourth-order valence-corrected chi connectivity index (χ4v) is 3.27. The highest BCUT2D eigenvalue weighted by molar-refractivity contribution is 7.22. The van der Waals surface area contributed by atoms with Crippen molar-refractivity contribution in [1.29, 1.82) is 0 Å². The maximum atomic E-state index is 10.8. The number of nitro benzene ring substituents is 1. The third kappa shape index (κ3) is 2.26. The van der Waals surface area contributed by atoms with Gasteiger partial charge in [-0.25, -0.2) is 4.98 Å². The summed E-state index contributed by atoms with van der Waals surface area (Å²) in [7, 11) is 2.03. The van der Waals surface area contributed by atoms with Gasteiger partial charge in [0.25, 0.3) is 5.69 Å². The van der Waals surface area contributed by atoms with Crippen LogP contribution in [0.5, 0.6) is 0 Å². The molecule has 0 spiro atoms. The molecule has 0 saturated carbocycles. The average Bonchev–Trinajstić information content (AvgIpc) is 3.06. The quantitative estimate of drug-likeness (QED) is 0.687. The Bertz CT molecular complexity index is 621. The normalized spacial score (nSPS) is 18.9. The van der Waals surface area contributed by atoms with Gasteiger partial charge in [0.15, 0.2) is 5.13 Å². The van der Waals surface area contributed by atoms with Crippen LogP contribution in [-0.2, 0) is 0 Å². The van der Waals surface area contributed by atoms with Gasteiger partial charge in [-0.3, -0.25) is 10.1 Å². The molecule has 1 aliphatic rings. The number of benzene rings is 1. The first-order chi connectivity index (χ1) is 9.15. The van der Waals surface area contributed by atoms with E-state index < -0.39 is 0 Å². The largest absolute Gasteiger partial charge is 0.347 e. The Morgan fingerprint density at radius 2 is 2.42 bits per heavy atom. The summed E-state index contributed by atoms with van der Waals surface area (Å²) in [6.45, 7) is 2.00. The van der Waals surface area contributed by atoms with Gasteiger partial charge >= 0.3 is 0 Å². The molecule has 3 rings (SSSR count). The van der Waals surface area contributed by atoms with Crippen LogP contribution < -0.4 is 10.2 Å². The highest BCUT2D eigenvalue weighted by Crippen LogP contribution is 2.31. The molecule has 6 nitrogen and oxygen atoms in total. The second kappa shape index (κ2) is 4.75. The van der Waals surface area contributed by atoms with Crippen LogP contribution in [0.25, 0.3) is 10.2 Å². The van der Waals surface area contributed by atoms with Crippen molar-refractivity contribution in [1.82, 2.24) is 10.3 Å². The molecule has 1 fully saturated rings. The van der Waals surface area contributed by atoms with Crippen LogP contribution in [0.2, 0.25) is 0 Å². The third-order valence-corrected chi connectivity index (χ3v) is 4.58. The highest BCUT2D eigenvalue weighted by Gasteiger charge is 2.22. The molecular formula is C12H14N4O2S. The van der Waals surface area contributed by atoms with Gasteiger partial charge in [-0.05, 0) is 19.0 Å². The van der Waals surface area contributed by atoms with Gasteiger partial charge < -0.3 is 10.2 Å². The first kappa shape index (κ1) is 12.3. The summed E-state index contributed by atoms with van der Waals surface area (Å²) in [6, 6.07) is 5.29. The van der Waals surface area contributed by atoms with E-state index in [9.17, 15) is 10.1 Å². The van der Waals surface area contributed by atoms with Gasteiger partial charge in [0.1, 0.15) is 0 Å². The second-order valence-electron chi connectivity index (χ2n) is 4.66. The monoisotopic (exact) mass is 278 g/mol. The Balaban J connectivity index is 1.94. The zero-order chi connectivity index (χ0) is 13.4. The van der Waals surface area contributed by atoms with Crippen molar-refractivity contribution in [2.45, 2.75) is 12.5 Å². The van der Waals surface area contributed by atoms with Gasteiger partial charge in [0.2, 0.25) is 0 Å². The van der Waals surface area contributed by atoms with E-state index in [1.807, 2.05) is 7.05 Å². The minimum absolute atomic E-state index is 0.0922. The van der Waals surface area contributed by atoms with E-state index in [0.29, 0.717) is 11.6 Å². The van der Waals surface area contributed by atoms with Crippen molar-refractivity contribution in [3.8, 4) is 0 Å². The molecule has 1 atom stereocenters. The zero-order valence-corrected chi connectivity index (χ0v) is 11.3. The number of nitro groups is 1. The molecule has 1 unspecified atom stereocenters. The van der Waals surface area contributed by atoms with Crippen molar-refractivity contribution >= 4 is 32.4 Å². The molecule has 0 aliphatic carbocycles. The fraction of sp³-hybridized carbons (Fsp3) is 0.417. The molecule has 1 N–H and O–H groups in total. The van der Waals surface area contributed by atoms with Gasteiger partial charge in [-0.2, -0.15) is 0 Å².